The molecule has 0 aromatic rings. The van der Waals surface area contributed by atoms with Crippen molar-refractivity contribution in [2.45, 2.75) is 26.3 Å². The summed E-state index contributed by atoms with van der Waals surface area (Å²) in [6.07, 6.45) is 1.12. The standard InChI is InChI=1S/C12H27N3OS/c1-10(2)8-11(9-15(3)4)14-12(17)13-6-7-16-5/h10-11H,6-9H2,1-5H3,(H2,13,14,17). The molecule has 0 bridgehead atoms. The second kappa shape index (κ2) is 9.62. The Hall–Kier alpha value is -0.390. The number of thiocarbonyl (C=S) groups is 1. The molecule has 0 rings (SSSR count). The Morgan fingerprint density at radius 3 is 2.47 bits per heavy atom. The van der Waals surface area contributed by atoms with Crippen LogP contribution in [-0.4, -0.2) is 57.0 Å². The number of likely N-dealkylation sites (N-methyl/N-ethyl adjacent to an activating group) is 1. The molecular weight excluding hydrogens is 234 g/mol. The second-order valence-electron chi connectivity index (χ2n) is 4.98. The monoisotopic (exact) mass is 261 g/mol. The Bertz CT molecular complexity index is 200. The van der Waals surface area contributed by atoms with Gasteiger partial charge in [-0.2, -0.15) is 0 Å². The van der Waals surface area contributed by atoms with E-state index in [1.165, 1.54) is 0 Å². The molecule has 0 saturated heterocycles. The van der Waals surface area contributed by atoms with Gasteiger partial charge in [-0.1, -0.05) is 13.8 Å². The summed E-state index contributed by atoms with van der Waals surface area (Å²) in [5.74, 6) is 0.661. The van der Waals surface area contributed by atoms with Crippen LogP contribution in [0.25, 0.3) is 0 Å². The van der Waals surface area contributed by atoms with Gasteiger partial charge in [0.05, 0.1) is 6.61 Å². The summed E-state index contributed by atoms with van der Waals surface area (Å²) < 4.78 is 4.97. The van der Waals surface area contributed by atoms with Gasteiger partial charge in [0.2, 0.25) is 0 Å². The summed E-state index contributed by atoms with van der Waals surface area (Å²) >= 11 is 5.25. The molecule has 0 aliphatic rings. The molecule has 102 valence electrons. The van der Waals surface area contributed by atoms with Crippen LogP contribution in [0, 0.1) is 5.92 Å². The lowest BCUT2D eigenvalue weighted by molar-refractivity contribution is 0.203. The van der Waals surface area contributed by atoms with Crippen LogP contribution in [-0.2, 0) is 4.74 Å². The normalized spacial score (nSPS) is 12.9. The zero-order valence-electron chi connectivity index (χ0n) is 11.7. The largest absolute Gasteiger partial charge is 0.383 e. The van der Waals surface area contributed by atoms with E-state index in [4.69, 9.17) is 17.0 Å². The lowest BCUT2D eigenvalue weighted by atomic mass is 10.0. The minimum atomic E-state index is 0.396. The van der Waals surface area contributed by atoms with Crippen molar-refractivity contribution in [3.8, 4) is 0 Å². The number of nitrogens with one attached hydrogen (secondary N) is 2. The fraction of sp³-hybridized carbons (Fsp3) is 0.917. The maximum Gasteiger partial charge on any atom is 0.166 e. The van der Waals surface area contributed by atoms with Crippen LogP contribution in [0.3, 0.4) is 0 Å². The summed E-state index contributed by atoms with van der Waals surface area (Å²) in [6.45, 7) is 6.87. The highest BCUT2D eigenvalue weighted by atomic mass is 32.1. The molecule has 5 heteroatoms. The Kier molecular flexibility index (Phi) is 9.40. The lowest BCUT2D eigenvalue weighted by Gasteiger charge is -2.25. The molecule has 4 nitrogen and oxygen atoms in total. The number of hydrogen-bond donors (Lipinski definition) is 2. The van der Waals surface area contributed by atoms with Crippen LogP contribution < -0.4 is 10.6 Å². The van der Waals surface area contributed by atoms with E-state index in [0.717, 1.165) is 24.6 Å². The first-order chi connectivity index (χ1) is 7.95. The zero-order chi connectivity index (χ0) is 13.3. The Morgan fingerprint density at radius 1 is 1.35 bits per heavy atom. The molecule has 0 fully saturated rings. The average Bonchev–Trinajstić information content (AvgIpc) is 2.15. The third kappa shape index (κ3) is 10.5. The van der Waals surface area contributed by atoms with E-state index in [0.29, 0.717) is 18.6 Å². The molecule has 0 heterocycles. The summed E-state index contributed by atoms with van der Waals surface area (Å²) in [7, 11) is 5.85. The first kappa shape index (κ1) is 16.6. The predicted molar refractivity (Wildman–Crippen MR) is 77.4 cm³/mol. The van der Waals surface area contributed by atoms with Gasteiger partial charge in [-0.3, -0.25) is 0 Å². The molecule has 2 N–H and O–H groups in total. The minimum absolute atomic E-state index is 0.396. The summed E-state index contributed by atoms with van der Waals surface area (Å²) in [5, 5.41) is 7.22. The van der Waals surface area contributed by atoms with Crippen molar-refractivity contribution in [3.63, 3.8) is 0 Å². The van der Waals surface area contributed by atoms with Gasteiger partial charge in [-0.05, 0) is 38.7 Å². The topological polar surface area (TPSA) is 36.5 Å². The van der Waals surface area contributed by atoms with Crippen molar-refractivity contribution < 1.29 is 4.74 Å². The highest BCUT2D eigenvalue weighted by Gasteiger charge is 2.12. The van der Waals surface area contributed by atoms with Gasteiger partial charge in [0, 0.05) is 26.2 Å². The molecule has 1 atom stereocenters. The van der Waals surface area contributed by atoms with Crippen molar-refractivity contribution >= 4 is 17.3 Å². The van der Waals surface area contributed by atoms with Gasteiger partial charge < -0.3 is 20.3 Å². The molecule has 0 aliphatic heterocycles. The first-order valence-corrected chi connectivity index (χ1v) is 6.54. The maximum atomic E-state index is 5.25. The molecule has 0 amide bonds. The van der Waals surface area contributed by atoms with Gasteiger partial charge in [0.25, 0.3) is 0 Å². The molecule has 0 aliphatic carbocycles. The van der Waals surface area contributed by atoms with Gasteiger partial charge in [0.15, 0.2) is 5.11 Å². The van der Waals surface area contributed by atoms with Crippen molar-refractivity contribution in [1.82, 2.24) is 15.5 Å². The Morgan fingerprint density at radius 2 is 2.00 bits per heavy atom. The summed E-state index contributed by atoms with van der Waals surface area (Å²) in [5.41, 5.74) is 0. The second-order valence-corrected chi connectivity index (χ2v) is 5.39. The Balaban J connectivity index is 3.99. The molecule has 0 aromatic carbocycles. The van der Waals surface area contributed by atoms with Crippen molar-refractivity contribution in [2.24, 2.45) is 5.92 Å². The summed E-state index contributed by atoms with van der Waals surface area (Å²) in [4.78, 5) is 2.18. The smallest absolute Gasteiger partial charge is 0.166 e. The minimum Gasteiger partial charge on any atom is -0.383 e. The molecule has 0 aromatic heterocycles. The van der Waals surface area contributed by atoms with Crippen molar-refractivity contribution in [2.75, 3.05) is 40.9 Å². The van der Waals surface area contributed by atoms with E-state index < -0.39 is 0 Å². The molecular formula is C12H27N3OS. The third-order valence-corrected chi connectivity index (χ3v) is 2.53. The van der Waals surface area contributed by atoms with Crippen molar-refractivity contribution in [3.05, 3.63) is 0 Å². The number of hydrogen-bond acceptors (Lipinski definition) is 3. The SMILES string of the molecule is COCCNC(=S)NC(CC(C)C)CN(C)C. The van der Waals surface area contributed by atoms with Crippen LogP contribution >= 0.6 is 12.2 Å². The zero-order valence-corrected chi connectivity index (χ0v) is 12.6. The highest BCUT2D eigenvalue weighted by Crippen LogP contribution is 2.05. The van der Waals surface area contributed by atoms with Gasteiger partial charge in [-0.15, -0.1) is 0 Å². The third-order valence-electron chi connectivity index (χ3n) is 2.27. The first-order valence-electron chi connectivity index (χ1n) is 6.13. The predicted octanol–water partition coefficient (Wildman–Crippen LogP) is 1.07. The number of rotatable bonds is 8. The maximum absolute atomic E-state index is 5.25. The van der Waals surface area contributed by atoms with Crippen LogP contribution in [0.15, 0.2) is 0 Å². The van der Waals surface area contributed by atoms with Crippen LogP contribution in [0.4, 0.5) is 0 Å². The molecule has 1 unspecified atom stereocenters. The van der Waals surface area contributed by atoms with E-state index in [2.05, 4.69) is 43.5 Å². The molecule has 0 saturated carbocycles. The molecule has 17 heavy (non-hydrogen) atoms. The fourth-order valence-corrected chi connectivity index (χ4v) is 1.96. The fourth-order valence-electron chi connectivity index (χ4n) is 1.69. The van der Waals surface area contributed by atoms with Crippen LogP contribution in [0.2, 0.25) is 0 Å². The molecule has 0 radical (unpaired) electrons. The summed E-state index contributed by atoms with van der Waals surface area (Å²) in [6, 6.07) is 0.396. The van der Waals surface area contributed by atoms with E-state index in [1.807, 2.05) is 0 Å². The number of ether oxygens (including phenoxy) is 1. The quantitative estimate of drug-likeness (QED) is 0.505. The van der Waals surface area contributed by atoms with Gasteiger partial charge in [0.1, 0.15) is 0 Å². The van der Waals surface area contributed by atoms with Crippen LogP contribution in [0.5, 0.6) is 0 Å². The number of methoxy groups -OCH3 is 1. The van der Waals surface area contributed by atoms with Crippen LogP contribution in [0.1, 0.15) is 20.3 Å². The van der Waals surface area contributed by atoms with Gasteiger partial charge in [-0.25, -0.2) is 0 Å². The highest BCUT2D eigenvalue weighted by molar-refractivity contribution is 7.80. The van der Waals surface area contributed by atoms with Crippen molar-refractivity contribution in [1.29, 1.82) is 0 Å². The Labute approximate surface area is 111 Å². The number of nitrogens with zero attached hydrogens (tertiary/aromatic N) is 1. The van der Waals surface area contributed by atoms with E-state index in [9.17, 15) is 0 Å². The average molecular weight is 261 g/mol. The lowest BCUT2D eigenvalue weighted by Crippen LogP contribution is -2.47. The van der Waals surface area contributed by atoms with Gasteiger partial charge >= 0.3 is 0 Å². The molecule has 0 spiro atoms. The van der Waals surface area contributed by atoms with E-state index in [1.54, 1.807) is 7.11 Å². The van der Waals surface area contributed by atoms with E-state index in [-0.39, 0.29) is 0 Å². The van der Waals surface area contributed by atoms with E-state index >= 15 is 0 Å².